The Kier molecular flexibility index (Phi) is 3.21. The third kappa shape index (κ3) is 2.48. The molecular weight excluding hydrogens is 183 g/mol. The molecule has 0 aromatic heterocycles. The average Bonchev–Trinajstić information content (AvgIpc) is 2.31. The first kappa shape index (κ1) is 10.0. The lowest BCUT2D eigenvalue weighted by molar-refractivity contribution is 0.437. The summed E-state index contributed by atoms with van der Waals surface area (Å²) in [5.41, 5.74) is 1.27. The molecule has 1 heterocycles. The standard InChI is InChI=1S/C12H13BN2/c14-11-13-8-4-5-9-15(13)10-12-6-2-1-3-7-12/h1-4,6-8H,5,9-10H2. The minimum atomic E-state index is -0.0565. The van der Waals surface area contributed by atoms with Crippen LogP contribution in [-0.2, 0) is 6.54 Å². The normalized spacial score (nSPS) is 16.3. The number of nitrogens with zero attached hydrogens (tertiary/aromatic N) is 2. The summed E-state index contributed by atoms with van der Waals surface area (Å²) in [4.78, 5) is 2.20. The molecule has 1 aliphatic rings. The van der Waals surface area contributed by atoms with Gasteiger partial charge in [0.25, 0.3) is 0 Å². The highest BCUT2D eigenvalue weighted by Gasteiger charge is 2.22. The molecule has 3 heteroatoms. The fourth-order valence-electron chi connectivity index (χ4n) is 1.85. The molecule has 1 aliphatic heterocycles. The molecule has 1 aromatic rings. The van der Waals surface area contributed by atoms with Crippen LogP contribution in [0, 0.1) is 11.2 Å². The summed E-state index contributed by atoms with van der Waals surface area (Å²) in [6.45, 7) is 1.78. The van der Waals surface area contributed by atoms with Crippen molar-refractivity contribution in [1.82, 2.24) is 4.81 Å². The summed E-state index contributed by atoms with van der Waals surface area (Å²) < 4.78 is 0. The topological polar surface area (TPSA) is 27.0 Å². The second kappa shape index (κ2) is 4.81. The lowest BCUT2D eigenvalue weighted by Crippen LogP contribution is -2.39. The first-order valence-electron chi connectivity index (χ1n) is 5.24. The van der Waals surface area contributed by atoms with Crippen molar-refractivity contribution in [3.8, 4) is 5.97 Å². The Morgan fingerprint density at radius 1 is 1.33 bits per heavy atom. The molecule has 74 valence electrons. The number of benzene rings is 1. The van der Waals surface area contributed by atoms with E-state index >= 15 is 0 Å². The summed E-state index contributed by atoms with van der Waals surface area (Å²) in [6.07, 6.45) is 3.14. The van der Waals surface area contributed by atoms with Gasteiger partial charge in [0.15, 0.2) is 0 Å². The van der Waals surface area contributed by atoms with Crippen LogP contribution < -0.4 is 0 Å². The summed E-state index contributed by atoms with van der Waals surface area (Å²) in [5, 5.41) is 9.00. The molecule has 0 radical (unpaired) electrons. The van der Waals surface area contributed by atoms with E-state index in [0.717, 1.165) is 19.5 Å². The van der Waals surface area contributed by atoms with Crippen LogP contribution >= 0.6 is 0 Å². The third-order valence-electron chi connectivity index (χ3n) is 2.66. The van der Waals surface area contributed by atoms with Gasteiger partial charge >= 0.3 is 6.85 Å². The van der Waals surface area contributed by atoms with Gasteiger partial charge in [-0.15, -0.1) is 0 Å². The molecule has 0 aliphatic carbocycles. The SMILES string of the molecule is N#CB1C=CCCN1Cc1ccccc1. The molecule has 0 saturated heterocycles. The highest BCUT2D eigenvalue weighted by molar-refractivity contribution is 6.69. The van der Waals surface area contributed by atoms with Gasteiger partial charge in [-0.05, 0) is 18.5 Å². The summed E-state index contributed by atoms with van der Waals surface area (Å²) in [7, 11) is 0. The van der Waals surface area contributed by atoms with Crippen LogP contribution in [-0.4, -0.2) is 18.2 Å². The highest BCUT2D eigenvalue weighted by Crippen LogP contribution is 2.11. The first-order valence-corrected chi connectivity index (χ1v) is 5.24. The minimum Gasteiger partial charge on any atom is -0.321 e. The van der Waals surface area contributed by atoms with Crippen molar-refractivity contribution >= 4 is 6.85 Å². The van der Waals surface area contributed by atoms with E-state index < -0.39 is 0 Å². The highest BCUT2D eigenvalue weighted by atomic mass is 15.1. The molecule has 0 spiro atoms. The second-order valence-electron chi connectivity index (χ2n) is 3.75. The number of nitriles is 1. The quantitative estimate of drug-likeness (QED) is 0.676. The van der Waals surface area contributed by atoms with E-state index in [-0.39, 0.29) is 6.85 Å². The van der Waals surface area contributed by atoms with Gasteiger partial charge in [-0.2, -0.15) is 0 Å². The molecule has 0 N–H and O–H groups in total. The van der Waals surface area contributed by atoms with Gasteiger partial charge < -0.3 is 4.81 Å². The summed E-state index contributed by atoms with van der Waals surface area (Å²) in [5.74, 6) is 4.31. The van der Waals surface area contributed by atoms with Crippen LogP contribution in [0.1, 0.15) is 12.0 Å². The van der Waals surface area contributed by atoms with Gasteiger partial charge in [-0.1, -0.05) is 42.4 Å². The Morgan fingerprint density at radius 2 is 2.13 bits per heavy atom. The van der Waals surface area contributed by atoms with Crippen molar-refractivity contribution in [3.05, 3.63) is 47.9 Å². The fraction of sp³-hybridized carbons (Fsp3) is 0.250. The lowest BCUT2D eigenvalue weighted by atomic mass is 9.60. The molecule has 1 aromatic carbocycles. The zero-order valence-corrected chi connectivity index (χ0v) is 8.63. The van der Waals surface area contributed by atoms with E-state index in [1.165, 1.54) is 5.56 Å². The smallest absolute Gasteiger partial charge is 0.321 e. The van der Waals surface area contributed by atoms with E-state index in [0.29, 0.717) is 0 Å². The zero-order chi connectivity index (χ0) is 10.5. The fourth-order valence-corrected chi connectivity index (χ4v) is 1.85. The Hall–Kier alpha value is -1.53. The summed E-state index contributed by atoms with van der Waals surface area (Å²) in [6, 6.07) is 10.3. The van der Waals surface area contributed by atoms with Crippen LogP contribution in [0.25, 0.3) is 0 Å². The van der Waals surface area contributed by atoms with Gasteiger partial charge in [0.1, 0.15) is 0 Å². The van der Waals surface area contributed by atoms with E-state index in [9.17, 15) is 0 Å². The Labute approximate surface area is 90.9 Å². The van der Waals surface area contributed by atoms with Gasteiger partial charge in [0, 0.05) is 12.5 Å². The maximum Gasteiger partial charge on any atom is 0.374 e. The molecule has 0 fully saturated rings. The van der Waals surface area contributed by atoms with Crippen molar-refractivity contribution in [2.75, 3.05) is 6.54 Å². The Morgan fingerprint density at radius 3 is 2.87 bits per heavy atom. The molecule has 15 heavy (non-hydrogen) atoms. The number of hydrogen-bond acceptors (Lipinski definition) is 2. The van der Waals surface area contributed by atoms with Crippen molar-refractivity contribution in [3.63, 3.8) is 0 Å². The van der Waals surface area contributed by atoms with E-state index in [1.54, 1.807) is 0 Å². The van der Waals surface area contributed by atoms with E-state index in [1.807, 2.05) is 24.2 Å². The molecular formula is C12H13BN2. The Bertz CT molecular complexity index is 380. The van der Waals surface area contributed by atoms with Crippen molar-refractivity contribution in [1.29, 1.82) is 5.26 Å². The van der Waals surface area contributed by atoms with Gasteiger partial charge in [-0.25, -0.2) is 5.26 Å². The molecule has 0 unspecified atom stereocenters. The van der Waals surface area contributed by atoms with Crippen LogP contribution in [0.2, 0.25) is 0 Å². The van der Waals surface area contributed by atoms with Crippen LogP contribution in [0.5, 0.6) is 0 Å². The van der Waals surface area contributed by atoms with Gasteiger partial charge in [0.2, 0.25) is 0 Å². The van der Waals surface area contributed by atoms with E-state index in [2.05, 4.69) is 29.0 Å². The largest absolute Gasteiger partial charge is 0.374 e. The zero-order valence-electron chi connectivity index (χ0n) is 8.63. The molecule has 0 atom stereocenters. The lowest BCUT2D eigenvalue weighted by Gasteiger charge is -2.25. The number of rotatable bonds is 2. The third-order valence-corrected chi connectivity index (χ3v) is 2.66. The predicted octanol–water partition coefficient (Wildman–Crippen LogP) is 2.04. The van der Waals surface area contributed by atoms with Crippen LogP contribution in [0.3, 0.4) is 0 Å². The van der Waals surface area contributed by atoms with Crippen molar-refractivity contribution in [2.45, 2.75) is 13.0 Å². The minimum absolute atomic E-state index is 0.0565. The van der Waals surface area contributed by atoms with Gasteiger partial charge in [-0.3, -0.25) is 0 Å². The van der Waals surface area contributed by atoms with E-state index in [4.69, 9.17) is 5.26 Å². The predicted molar refractivity (Wildman–Crippen MR) is 62.0 cm³/mol. The van der Waals surface area contributed by atoms with Crippen LogP contribution in [0.15, 0.2) is 42.4 Å². The monoisotopic (exact) mass is 196 g/mol. The number of hydrogen-bond donors (Lipinski definition) is 0. The molecule has 0 saturated carbocycles. The maximum atomic E-state index is 9.00. The van der Waals surface area contributed by atoms with Crippen LogP contribution in [0.4, 0.5) is 0 Å². The molecule has 2 nitrogen and oxygen atoms in total. The van der Waals surface area contributed by atoms with Crippen molar-refractivity contribution in [2.24, 2.45) is 0 Å². The molecule has 0 amide bonds. The summed E-state index contributed by atoms with van der Waals surface area (Å²) >= 11 is 0. The molecule has 2 rings (SSSR count). The molecule has 0 bridgehead atoms. The van der Waals surface area contributed by atoms with Gasteiger partial charge in [0.05, 0.1) is 0 Å². The Balaban J connectivity index is 2.06. The average molecular weight is 196 g/mol. The second-order valence-corrected chi connectivity index (χ2v) is 3.75. The maximum absolute atomic E-state index is 9.00. The first-order chi connectivity index (χ1) is 7.40. The van der Waals surface area contributed by atoms with Crippen molar-refractivity contribution < 1.29 is 0 Å².